The first-order chi connectivity index (χ1) is 10.1. The fourth-order valence-electron chi connectivity index (χ4n) is 2.38. The molecule has 1 aliphatic rings. The molecule has 2 heterocycles. The van der Waals surface area contributed by atoms with Crippen LogP contribution in [0.4, 0.5) is 10.5 Å². The van der Waals surface area contributed by atoms with E-state index in [0.717, 1.165) is 11.3 Å². The standard InChI is InChI=1S/C15H16N4O2/c1-10-2-4-11(5-3-10)18-15(21)19-7-6-12-13(8-19)16-9-17-14(12)20/h2-5,9H,6-8H2,1H3,(H,18,21)(H,16,17,20). The number of anilines is 1. The minimum absolute atomic E-state index is 0.112. The van der Waals surface area contributed by atoms with Gasteiger partial charge in [-0.25, -0.2) is 9.78 Å². The number of fused-ring (bicyclic) bond motifs is 1. The van der Waals surface area contributed by atoms with Gasteiger partial charge in [-0.1, -0.05) is 17.7 Å². The second-order valence-electron chi connectivity index (χ2n) is 5.12. The van der Waals surface area contributed by atoms with Crippen LogP contribution < -0.4 is 10.9 Å². The second kappa shape index (κ2) is 5.40. The number of carbonyl (C=O) groups is 1. The summed E-state index contributed by atoms with van der Waals surface area (Å²) in [7, 11) is 0. The van der Waals surface area contributed by atoms with Gasteiger partial charge >= 0.3 is 6.03 Å². The maximum atomic E-state index is 12.2. The summed E-state index contributed by atoms with van der Waals surface area (Å²) in [6, 6.07) is 7.46. The second-order valence-corrected chi connectivity index (χ2v) is 5.12. The van der Waals surface area contributed by atoms with Gasteiger partial charge in [0.15, 0.2) is 0 Å². The Hall–Kier alpha value is -2.63. The molecule has 0 fully saturated rings. The molecule has 2 N–H and O–H groups in total. The van der Waals surface area contributed by atoms with Crippen molar-refractivity contribution in [2.75, 3.05) is 11.9 Å². The number of urea groups is 1. The van der Waals surface area contributed by atoms with Crippen LogP contribution >= 0.6 is 0 Å². The number of aromatic amines is 1. The number of benzene rings is 1. The Morgan fingerprint density at radius 1 is 1.33 bits per heavy atom. The monoisotopic (exact) mass is 284 g/mol. The highest BCUT2D eigenvalue weighted by Gasteiger charge is 2.23. The first-order valence-corrected chi connectivity index (χ1v) is 6.81. The van der Waals surface area contributed by atoms with E-state index in [9.17, 15) is 9.59 Å². The van der Waals surface area contributed by atoms with Crippen molar-refractivity contribution in [3.05, 3.63) is 57.8 Å². The number of H-pyrrole nitrogens is 1. The van der Waals surface area contributed by atoms with Crippen LogP contribution in [0, 0.1) is 6.92 Å². The Balaban J connectivity index is 1.72. The Morgan fingerprint density at radius 2 is 2.10 bits per heavy atom. The summed E-state index contributed by atoms with van der Waals surface area (Å²) in [4.78, 5) is 32.3. The van der Waals surface area contributed by atoms with E-state index in [1.54, 1.807) is 4.90 Å². The molecule has 1 aromatic heterocycles. The smallest absolute Gasteiger partial charge is 0.318 e. The molecule has 6 nitrogen and oxygen atoms in total. The third kappa shape index (κ3) is 2.79. The molecule has 0 saturated heterocycles. The zero-order valence-corrected chi connectivity index (χ0v) is 11.7. The van der Waals surface area contributed by atoms with Crippen LogP contribution in [-0.4, -0.2) is 27.4 Å². The maximum absolute atomic E-state index is 12.2. The molecular formula is C15H16N4O2. The molecule has 2 amide bonds. The van der Waals surface area contributed by atoms with Gasteiger partial charge in [0.05, 0.1) is 18.6 Å². The molecule has 0 unspecified atom stereocenters. The molecule has 0 saturated carbocycles. The van der Waals surface area contributed by atoms with Gasteiger partial charge in [-0.05, 0) is 25.5 Å². The van der Waals surface area contributed by atoms with Crippen LogP contribution in [0.5, 0.6) is 0 Å². The third-order valence-electron chi connectivity index (χ3n) is 3.60. The number of hydrogen-bond acceptors (Lipinski definition) is 3. The van der Waals surface area contributed by atoms with Crippen molar-refractivity contribution >= 4 is 11.7 Å². The molecule has 2 aromatic rings. The van der Waals surface area contributed by atoms with E-state index < -0.39 is 0 Å². The van der Waals surface area contributed by atoms with Crippen molar-refractivity contribution in [1.82, 2.24) is 14.9 Å². The molecule has 1 aromatic carbocycles. The normalized spacial score (nSPS) is 13.7. The van der Waals surface area contributed by atoms with Gasteiger partial charge in [-0.3, -0.25) is 4.79 Å². The Morgan fingerprint density at radius 3 is 2.86 bits per heavy atom. The molecule has 21 heavy (non-hydrogen) atoms. The zero-order chi connectivity index (χ0) is 14.8. The molecule has 3 rings (SSSR count). The summed E-state index contributed by atoms with van der Waals surface area (Å²) in [6.45, 7) is 2.87. The lowest BCUT2D eigenvalue weighted by molar-refractivity contribution is 0.205. The highest BCUT2D eigenvalue weighted by molar-refractivity contribution is 5.89. The Bertz CT molecular complexity index is 721. The van der Waals surface area contributed by atoms with E-state index in [4.69, 9.17) is 0 Å². The molecule has 0 aliphatic carbocycles. The summed E-state index contributed by atoms with van der Waals surface area (Å²) < 4.78 is 0. The summed E-state index contributed by atoms with van der Waals surface area (Å²) in [6.07, 6.45) is 1.91. The largest absolute Gasteiger partial charge is 0.322 e. The Labute approximate surface area is 121 Å². The van der Waals surface area contributed by atoms with Gasteiger partial charge in [0, 0.05) is 17.8 Å². The van der Waals surface area contributed by atoms with Crippen LogP contribution in [0.1, 0.15) is 16.8 Å². The molecule has 1 aliphatic heterocycles. The van der Waals surface area contributed by atoms with E-state index in [0.29, 0.717) is 30.8 Å². The van der Waals surface area contributed by atoms with Crippen LogP contribution in [0.25, 0.3) is 0 Å². The van der Waals surface area contributed by atoms with Crippen LogP contribution in [0.15, 0.2) is 35.4 Å². The van der Waals surface area contributed by atoms with E-state index in [-0.39, 0.29) is 11.6 Å². The number of rotatable bonds is 1. The highest BCUT2D eigenvalue weighted by atomic mass is 16.2. The SMILES string of the molecule is Cc1ccc(NC(=O)N2CCc3c(nc[nH]c3=O)C2)cc1. The number of amides is 2. The van der Waals surface area contributed by atoms with Gasteiger partial charge in [0.25, 0.3) is 5.56 Å². The maximum Gasteiger partial charge on any atom is 0.322 e. The highest BCUT2D eigenvalue weighted by Crippen LogP contribution is 2.15. The van der Waals surface area contributed by atoms with E-state index in [1.807, 2.05) is 31.2 Å². The van der Waals surface area contributed by atoms with Gasteiger partial charge < -0.3 is 15.2 Å². The number of nitrogens with zero attached hydrogens (tertiary/aromatic N) is 2. The average molecular weight is 284 g/mol. The van der Waals surface area contributed by atoms with Gasteiger partial charge in [-0.15, -0.1) is 0 Å². The predicted molar refractivity (Wildman–Crippen MR) is 79.2 cm³/mol. The first kappa shape index (κ1) is 13.4. The molecule has 108 valence electrons. The van der Waals surface area contributed by atoms with Crippen molar-refractivity contribution in [3.8, 4) is 0 Å². The zero-order valence-electron chi connectivity index (χ0n) is 11.7. The molecule has 0 atom stereocenters. The van der Waals surface area contributed by atoms with Crippen molar-refractivity contribution in [2.45, 2.75) is 19.9 Å². The number of hydrogen-bond donors (Lipinski definition) is 2. The first-order valence-electron chi connectivity index (χ1n) is 6.81. The lowest BCUT2D eigenvalue weighted by Gasteiger charge is -2.27. The number of aryl methyl sites for hydroxylation is 1. The van der Waals surface area contributed by atoms with Gasteiger partial charge in [0.1, 0.15) is 0 Å². The fraction of sp³-hybridized carbons (Fsp3) is 0.267. The summed E-state index contributed by atoms with van der Waals surface area (Å²) >= 11 is 0. The number of nitrogens with one attached hydrogen (secondary N) is 2. The molecular weight excluding hydrogens is 268 g/mol. The van der Waals surface area contributed by atoms with Crippen LogP contribution in [0.3, 0.4) is 0 Å². The van der Waals surface area contributed by atoms with E-state index >= 15 is 0 Å². The topological polar surface area (TPSA) is 78.1 Å². The average Bonchev–Trinajstić information content (AvgIpc) is 2.49. The van der Waals surface area contributed by atoms with E-state index in [1.165, 1.54) is 6.33 Å². The lowest BCUT2D eigenvalue weighted by Crippen LogP contribution is -2.41. The summed E-state index contributed by atoms with van der Waals surface area (Å²) in [5, 5.41) is 2.86. The van der Waals surface area contributed by atoms with Crippen molar-refractivity contribution in [2.24, 2.45) is 0 Å². The Kier molecular flexibility index (Phi) is 3.43. The van der Waals surface area contributed by atoms with Crippen molar-refractivity contribution in [1.29, 1.82) is 0 Å². The molecule has 0 radical (unpaired) electrons. The predicted octanol–water partition coefficient (Wildman–Crippen LogP) is 1.67. The minimum Gasteiger partial charge on any atom is -0.318 e. The number of aromatic nitrogens is 2. The van der Waals surface area contributed by atoms with Crippen LogP contribution in [-0.2, 0) is 13.0 Å². The summed E-state index contributed by atoms with van der Waals surface area (Å²) in [5.74, 6) is 0. The molecule has 0 spiro atoms. The molecule has 0 bridgehead atoms. The number of carbonyl (C=O) groups excluding carboxylic acids is 1. The molecule has 6 heteroatoms. The van der Waals surface area contributed by atoms with Gasteiger partial charge in [-0.2, -0.15) is 0 Å². The van der Waals surface area contributed by atoms with Gasteiger partial charge in [0.2, 0.25) is 0 Å². The fourth-order valence-corrected chi connectivity index (χ4v) is 2.38. The summed E-state index contributed by atoms with van der Waals surface area (Å²) in [5.41, 5.74) is 3.14. The van der Waals surface area contributed by atoms with Crippen LogP contribution in [0.2, 0.25) is 0 Å². The van der Waals surface area contributed by atoms with Crippen molar-refractivity contribution in [3.63, 3.8) is 0 Å². The van der Waals surface area contributed by atoms with Crippen molar-refractivity contribution < 1.29 is 4.79 Å². The lowest BCUT2D eigenvalue weighted by atomic mass is 10.1. The third-order valence-corrected chi connectivity index (χ3v) is 3.60. The minimum atomic E-state index is -0.174. The van der Waals surface area contributed by atoms with E-state index in [2.05, 4.69) is 15.3 Å². The quantitative estimate of drug-likeness (QED) is 0.836.